The van der Waals surface area contributed by atoms with E-state index in [1.165, 1.54) is 0 Å². The number of hydrogen-bond acceptors (Lipinski definition) is 8. The highest BCUT2D eigenvalue weighted by Gasteiger charge is 2.26. The molecule has 0 aliphatic rings. The lowest BCUT2D eigenvalue weighted by molar-refractivity contribution is -0.153. The van der Waals surface area contributed by atoms with Gasteiger partial charge < -0.3 is 24.3 Å². The van der Waals surface area contributed by atoms with Gasteiger partial charge in [-0.2, -0.15) is 0 Å². The van der Waals surface area contributed by atoms with Crippen molar-refractivity contribution in [2.24, 2.45) is 5.92 Å². The maximum atomic E-state index is 12.6. The summed E-state index contributed by atoms with van der Waals surface area (Å²) in [5.74, 6) is 3.41. The molecule has 2 aromatic carbocycles. The molecule has 0 heterocycles. The van der Waals surface area contributed by atoms with Crippen molar-refractivity contribution in [3.63, 3.8) is 0 Å². The van der Waals surface area contributed by atoms with Gasteiger partial charge in [0.1, 0.15) is 17.4 Å². The van der Waals surface area contributed by atoms with Crippen LogP contribution in [0.3, 0.4) is 0 Å². The van der Waals surface area contributed by atoms with Crippen molar-refractivity contribution in [3.8, 4) is 17.6 Å². The molecule has 202 valence electrons. The van der Waals surface area contributed by atoms with Gasteiger partial charge in [0.15, 0.2) is 12.4 Å². The van der Waals surface area contributed by atoms with Crippen molar-refractivity contribution in [2.75, 3.05) is 13.4 Å². The first-order valence-electron chi connectivity index (χ1n) is 12.1. The Kier molecular flexibility index (Phi) is 11.4. The van der Waals surface area contributed by atoms with Gasteiger partial charge in [0.25, 0.3) is 0 Å². The van der Waals surface area contributed by atoms with Gasteiger partial charge in [-0.25, -0.2) is 14.4 Å². The van der Waals surface area contributed by atoms with E-state index in [-0.39, 0.29) is 17.5 Å². The summed E-state index contributed by atoms with van der Waals surface area (Å²) in [6, 6.07) is 14.1. The Balaban J connectivity index is 1.93. The second-order valence-electron chi connectivity index (χ2n) is 9.67. The lowest BCUT2D eigenvalue weighted by Gasteiger charge is -2.23. The topological polar surface area (TPSA) is 117 Å². The molecular formula is C29H33NO8. The SMILES string of the molecule is CC(C)C[C@@H](NC(=O)OC(C)(C)C)C(=O)OCOc1ccccc1C#CC(=O)OCC(=O)c1ccccc1. The number of Topliss-reactive ketones (excluding diaryl/α,β-unsaturated/α-hetero) is 1. The Morgan fingerprint density at radius 2 is 1.58 bits per heavy atom. The predicted molar refractivity (Wildman–Crippen MR) is 139 cm³/mol. The molecule has 9 nitrogen and oxygen atoms in total. The monoisotopic (exact) mass is 523 g/mol. The van der Waals surface area contributed by atoms with E-state index >= 15 is 0 Å². The van der Waals surface area contributed by atoms with Gasteiger partial charge in [0.05, 0.1) is 5.56 Å². The Morgan fingerprint density at radius 1 is 0.921 bits per heavy atom. The zero-order chi connectivity index (χ0) is 28.1. The van der Waals surface area contributed by atoms with E-state index in [0.29, 0.717) is 17.5 Å². The number of rotatable bonds is 10. The molecule has 0 bridgehead atoms. The summed E-state index contributed by atoms with van der Waals surface area (Å²) < 4.78 is 20.9. The van der Waals surface area contributed by atoms with Crippen LogP contribution in [0.25, 0.3) is 0 Å². The average molecular weight is 524 g/mol. The van der Waals surface area contributed by atoms with E-state index in [2.05, 4.69) is 17.2 Å². The molecule has 0 saturated heterocycles. The number of carbonyl (C=O) groups is 4. The van der Waals surface area contributed by atoms with Crippen LogP contribution in [0.15, 0.2) is 54.6 Å². The Bertz CT molecular complexity index is 1170. The van der Waals surface area contributed by atoms with Crippen LogP contribution in [0.1, 0.15) is 57.0 Å². The molecule has 0 aliphatic carbocycles. The first kappa shape index (κ1) is 29.9. The van der Waals surface area contributed by atoms with Crippen molar-refractivity contribution in [2.45, 2.75) is 52.7 Å². The number of ketones is 1. The molecule has 0 radical (unpaired) electrons. The van der Waals surface area contributed by atoms with Gasteiger partial charge in [-0.15, -0.1) is 0 Å². The van der Waals surface area contributed by atoms with E-state index in [1.807, 2.05) is 13.8 Å². The highest BCUT2D eigenvalue weighted by molar-refractivity contribution is 5.99. The van der Waals surface area contributed by atoms with Gasteiger partial charge in [-0.1, -0.05) is 62.2 Å². The molecule has 0 spiro atoms. The zero-order valence-electron chi connectivity index (χ0n) is 22.2. The van der Waals surface area contributed by atoms with Crippen LogP contribution < -0.4 is 10.1 Å². The van der Waals surface area contributed by atoms with Crippen LogP contribution >= 0.6 is 0 Å². The van der Waals surface area contributed by atoms with Crippen LogP contribution in [0.5, 0.6) is 5.75 Å². The summed E-state index contributed by atoms with van der Waals surface area (Å²) in [5.41, 5.74) is 0.0626. The Morgan fingerprint density at radius 3 is 2.24 bits per heavy atom. The molecular weight excluding hydrogens is 490 g/mol. The normalized spacial score (nSPS) is 11.4. The molecule has 0 unspecified atom stereocenters. The van der Waals surface area contributed by atoms with E-state index in [0.717, 1.165) is 0 Å². The van der Waals surface area contributed by atoms with Crippen LogP contribution in [-0.4, -0.2) is 48.9 Å². The summed E-state index contributed by atoms with van der Waals surface area (Å²) in [5, 5.41) is 2.54. The molecule has 1 atom stereocenters. The Labute approximate surface area is 222 Å². The number of alkyl carbamates (subject to hydrolysis) is 1. The number of esters is 2. The highest BCUT2D eigenvalue weighted by Crippen LogP contribution is 2.17. The summed E-state index contributed by atoms with van der Waals surface area (Å²) in [4.78, 5) is 48.8. The van der Waals surface area contributed by atoms with Gasteiger partial charge in [-0.3, -0.25) is 4.79 Å². The van der Waals surface area contributed by atoms with Gasteiger partial charge in [0.2, 0.25) is 6.79 Å². The quantitative estimate of drug-likeness (QED) is 0.161. The third kappa shape index (κ3) is 11.2. The molecule has 0 fully saturated rings. The summed E-state index contributed by atoms with van der Waals surface area (Å²) in [6.07, 6.45) is -0.381. The fourth-order valence-corrected chi connectivity index (χ4v) is 3.08. The summed E-state index contributed by atoms with van der Waals surface area (Å²) in [6.45, 7) is 8.11. The molecule has 2 aromatic rings. The molecule has 0 aliphatic heterocycles. The largest absolute Gasteiger partial charge is 0.456 e. The van der Waals surface area contributed by atoms with Crippen LogP contribution in [0.2, 0.25) is 0 Å². The summed E-state index contributed by atoms with van der Waals surface area (Å²) >= 11 is 0. The predicted octanol–water partition coefficient (Wildman–Crippen LogP) is 4.28. The van der Waals surface area contributed by atoms with Crippen molar-refractivity contribution in [3.05, 3.63) is 65.7 Å². The number of hydrogen-bond donors (Lipinski definition) is 1. The molecule has 9 heteroatoms. The van der Waals surface area contributed by atoms with Crippen molar-refractivity contribution < 1.29 is 38.1 Å². The Hall–Kier alpha value is -4.32. The molecule has 2 rings (SSSR count). The van der Waals surface area contributed by atoms with Crippen LogP contribution in [0.4, 0.5) is 4.79 Å². The molecule has 1 amide bonds. The second-order valence-corrected chi connectivity index (χ2v) is 9.67. The van der Waals surface area contributed by atoms with E-state index < -0.39 is 43.1 Å². The maximum absolute atomic E-state index is 12.6. The zero-order valence-corrected chi connectivity index (χ0v) is 22.2. The van der Waals surface area contributed by atoms with E-state index in [1.54, 1.807) is 75.4 Å². The number of para-hydroxylation sites is 1. The minimum absolute atomic E-state index is 0.0992. The van der Waals surface area contributed by atoms with E-state index in [4.69, 9.17) is 18.9 Å². The number of carbonyl (C=O) groups excluding carboxylic acids is 4. The fourth-order valence-electron chi connectivity index (χ4n) is 3.08. The van der Waals surface area contributed by atoms with Crippen molar-refractivity contribution >= 4 is 23.8 Å². The standard InChI is InChI=1S/C29H33NO8/c1-20(2)17-23(30-28(34)38-29(3,4)5)27(33)37-19-36-25-14-10-9-13-22(25)15-16-26(32)35-18-24(31)21-11-7-6-8-12-21/h6-14,20,23H,17-19H2,1-5H3,(H,30,34)/t23-/m1/s1. The molecule has 0 saturated carbocycles. The van der Waals surface area contributed by atoms with Gasteiger partial charge in [-0.05, 0) is 45.2 Å². The summed E-state index contributed by atoms with van der Waals surface area (Å²) in [7, 11) is 0. The molecule has 1 N–H and O–H groups in total. The smallest absolute Gasteiger partial charge is 0.408 e. The molecule has 38 heavy (non-hydrogen) atoms. The first-order valence-corrected chi connectivity index (χ1v) is 12.1. The van der Waals surface area contributed by atoms with Gasteiger partial charge in [0, 0.05) is 11.5 Å². The first-order chi connectivity index (χ1) is 17.9. The number of benzene rings is 2. The number of ether oxygens (including phenoxy) is 4. The van der Waals surface area contributed by atoms with E-state index in [9.17, 15) is 19.2 Å². The highest BCUT2D eigenvalue weighted by atomic mass is 16.7. The maximum Gasteiger partial charge on any atom is 0.408 e. The average Bonchev–Trinajstić information content (AvgIpc) is 2.85. The van der Waals surface area contributed by atoms with Crippen LogP contribution in [-0.2, 0) is 23.8 Å². The number of amides is 1. The number of nitrogens with one attached hydrogen (secondary N) is 1. The van der Waals surface area contributed by atoms with Gasteiger partial charge >= 0.3 is 18.0 Å². The van der Waals surface area contributed by atoms with Crippen molar-refractivity contribution in [1.82, 2.24) is 5.32 Å². The second kappa shape index (κ2) is 14.4. The minimum atomic E-state index is -0.920. The fraction of sp³-hybridized carbons (Fsp3) is 0.379. The lowest BCUT2D eigenvalue weighted by Crippen LogP contribution is -2.45. The third-order valence-corrected chi connectivity index (χ3v) is 4.71. The third-order valence-electron chi connectivity index (χ3n) is 4.71. The molecule has 0 aromatic heterocycles. The minimum Gasteiger partial charge on any atom is -0.456 e. The van der Waals surface area contributed by atoms with Crippen LogP contribution in [0, 0.1) is 17.8 Å². The van der Waals surface area contributed by atoms with Crippen molar-refractivity contribution in [1.29, 1.82) is 0 Å². The lowest BCUT2D eigenvalue weighted by atomic mass is 10.0.